The minimum absolute atomic E-state index is 0.116. The number of ether oxygens (including phenoxy) is 1. The molecule has 2 nitrogen and oxygen atoms in total. The van der Waals surface area contributed by atoms with E-state index in [0.29, 0.717) is 6.10 Å². The second kappa shape index (κ2) is 6.17. The molecule has 2 saturated heterocycles. The third-order valence-electron chi connectivity index (χ3n) is 6.02. The Bertz CT molecular complexity index is 729. The van der Waals surface area contributed by atoms with Gasteiger partial charge in [0.05, 0.1) is 10.3 Å². The van der Waals surface area contributed by atoms with Crippen LogP contribution >= 0.6 is 23.1 Å². The van der Waals surface area contributed by atoms with Gasteiger partial charge in [0, 0.05) is 23.4 Å². The molecule has 4 heteroatoms. The van der Waals surface area contributed by atoms with Gasteiger partial charge < -0.3 is 9.64 Å². The van der Waals surface area contributed by atoms with Crippen molar-refractivity contribution in [3.8, 4) is 0 Å². The largest absolute Gasteiger partial charge is 0.365 e. The fourth-order valence-electron chi connectivity index (χ4n) is 4.66. The van der Waals surface area contributed by atoms with Gasteiger partial charge in [-0.15, -0.1) is 23.1 Å². The molecule has 1 aromatic heterocycles. The van der Waals surface area contributed by atoms with Crippen LogP contribution in [0, 0.1) is 0 Å². The fraction of sp³-hybridized carbons (Fsp3) is 0.500. The van der Waals surface area contributed by atoms with E-state index in [2.05, 4.69) is 47.7 Å². The molecule has 126 valence electrons. The van der Waals surface area contributed by atoms with Crippen molar-refractivity contribution in [2.24, 2.45) is 0 Å². The molecule has 3 unspecified atom stereocenters. The SMILES string of the molecule is CN1C2CCC1CC(OC1c3ccccc3CSc3sccc31)C2. The highest BCUT2D eigenvalue weighted by atomic mass is 32.2. The maximum Gasteiger partial charge on any atom is 0.110 e. The van der Waals surface area contributed by atoms with Crippen molar-refractivity contribution < 1.29 is 4.74 Å². The van der Waals surface area contributed by atoms with Gasteiger partial charge in [-0.3, -0.25) is 0 Å². The van der Waals surface area contributed by atoms with Gasteiger partial charge in [0.2, 0.25) is 0 Å². The molecule has 0 aliphatic carbocycles. The number of piperidine rings is 1. The van der Waals surface area contributed by atoms with E-state index in [9.17, 15) is 0 Å². The maximum absolute atomic E-state index is 6.82. The highest BCUT2D eigenvalue weighted by Gasteiger charge is 2.40. The minimum atomic E-state index is 0.116. The van der Waals surface area contributed by atoms with Gasteiger partial charge in [-0.25, -0.2) is 0 Å². The molecule has 0 saturated carbocycles. The highest BCUT2D eigenvalue weighted by molar-refractivity contribution is 8.00. The summed E-state index contributed by atoms with van der Waals surface area (Å²) in [5, 5.41) is 2.22. The third kappa shape index (κ3) is 2.55. The van der Waals surface area contributed by atoms with Gasteiger partial charge in [-0.05, 0) is 55.3 Å². The Morgan fingerprint density at radius 2 is 1.83 bits per heavy atom. The molecule has 2 fully saturated rings. The number of rotatable bonds is 2. The van der Waals surface area contributed by atoms with Crippen LogP contribution in [0.15, 0.2) is 39.9 Å². The second-order valence-corrected chi connectivity index (χ2v) is 9.47. The van der Waals surface area contributed by atoms with Gasteiger partial charge in [0.25, 0.3) is 0 Å². The van der Waals surface area contributed by atoms with Crippen molar-refractivity contribution in [1.82, 2.24) is 4.90 Å². The predicted octanol–water partition coefficient (Wildman–Crippen LogP) is 5.09. The van der Waals surface area contributed by atoms with E-state index in [1.165, 1.54) is 46.6 Å². The minimum Gasteiger partial charge on any atom is -0.365 e. The van der Waals surface area contributed by atoms with Crippen LogP contribution in [0.25, 0.3) is 0 Å². The first-order valence-electron chi connectivity index (χ1n) is 8.95. The monoisotopic (exact) mass is 357 g/mol. The molecule has 0 N–H and O–H groups in total. The van der Waals surface area contributed by atoms with E-state index in [4.69, 9.17) is 4.74 Å². The van der Waals surface area contributed by atoms with E-state index in [-0.39, 0.29) is 6.10 Å². The maximum atomic E-state index is 6.82. The van der Waals surface area contributed by atoms with Crippen molar-refractivity contribution >= 4 is 23.1 Å². The van der Waals surface area contributed by atoms with Crippen molar-refractivity contribution in [3.63, 3.8) is 0 Å². The molecule has 5 rings (SSSR count). The molecular weight excluding hydrogens is 334 g/mol. The zero-order chi connectivity index (χ0) is 16.1. The quantitative estimate of drug-likeness (QED) is 0.743. The summed E-state index contributed by atoms with van der Waals surface area (Å²) in [6, 6.07) is 12.6. The van der Waals surface area contributed by atoms with E-state index < -0.39 is 0 Å². The summed E-state index contributed by atoms with van der Waals surface area (Å²) in [6.07, 6.45) is 5.60. The number of nitrogens with zero attached hydrogens (tertiary/aromatic N) is 1. The molecule has 4 heterocycles. The predicted molar refractivity (Wildman–Crippen MR) is 101 cm³/mol. The van der Waals surface area contributed by atoms with E-state index in [1.807, 2.05) is 23.1 Å². The highest BCUT2D eigenvalue weighted by Crippen LogP contribution is 2.46. The first kappa shape index (κ1) is 15.4. The number of hydrogen-bond donors (Lipinski definition) is 0. The van der Waals surface area contributed by atoms with Crippen LogP contribution in [-0.2, 0) is 10.5 Å². The molecule has 2 aromatic rings. The van der Waals surface area contributed by atoms with Gasteiger partial charge >= 0.3 is 0 Å². The summed E-state index contributed by atoms with van der Waals surface area (Å²) >= 11 is 3.83. The summed E-state index contributed by atoms with van der Waals surface area (Å²) in [6.45, 7) is 0. The van der Waals surface area contributed by atoms with E-state index in [0.717, 1.165) is 17.8 Å². The van der Waals surface area contributed by atoms with E-state index in [1.54, 1.807) is 0 Å². The van der Waals surface area contributed by atoms with Crippen LogP contribution in [0.3, 0.4) is 0 Å². The lowest BCUT2D eigenvalue weighted by Crippen LogP contribution is -2.43. The summed E-state index contributed by atoms with van der Waals surface area (Å²) in [4.78, 5) is 2.59. The van der Waals surface area contributed by atoms with Gasteiger partial charge in [-0.2, -0.15) is 0 Å². The van der Waals surface area contributed by atoms with Crippen LogP contribution in [0.5, 0.6) is 0 Å². The molecule has 24 heavy (non-hydrogen) atoms. The summed E-state index contributed by atoms with van der Waals surface area (Å²) in [5.41, 5.74) is 4.21. The lowest BCUT2D eigenvalue weighted by atomic mass is 9.96. The van der Waals surface area contributed by atoms with Crippen LogP contribution in [0.4, 0.5) is 0 Å². The fourth-order valence-corrected chi connectivity index (χ4v) is 6.82. The molecule has 3 aliphatic rings. The normalized spacial score (nSPS) is 32.2. The van der Waals surface area contributed by atoms with E-state index >= 15 is 0 Å². The van der Waals surface area contributed by atoms with Crippen LogP contribution in [-0.4, -0.2) is 30.1 Å². The third-order valence-corrected chi connectivity index (χ3v) is 8.34. The lowest BCUT2D eigenvalue weighted by molar-refractivity contribution is -0.0433. The first-order chi connectivity index (χ1) is 11.8. The smallest absolute Gasteiger partial charge is 0.110 e. The van der Waals surface area contributed by atoms with Crippen LogP contribution in [0.1, 0.15) is 48.5 Å². The Hall–Kier alpha value is -0.810. The van der Waals surface area contributed by atoms with Crippen molar-refractivity contribution in [2.75, 3.05) is 7.05 Å². The Morgan fingerprint density at radius 3 is 2.67 bits per heavy atom. The van der Waals surface area contributed by atoms with Gasteiger partial charge in [0.15, 0.2) is 0 Å². The summed E-state index contributed by atoms with van der Waals surface area (Å²) in [7, 11) is 2.30. The first-order valence-corrected chi connectivity index (χ1v) is 10.8. The van der Waals surface area contributed by atoms with Crippen molar-refractivity contribution in [2.45, 2.75) is 59.9 Å². The molecule has 3 atom stereocenters. The number of fused-ring (bicyclic) bond motifs is 4. The molecule has 0 radical (unpaired) electrons. The topological polar surface area (TPSA) is 12.5 Å². The molecule has 0 amide bonds. The number of hydrogen-bond acceptors (Lipinski definition) is 4. The summed E-state index contributed by atoms with van der Waals surface area (Å²) < 4.78 is 8.26. The Labute approximate surface area is 152 Å². The standard InChI is InChI=1S/C20H23NOS2/c1-21-14-6-7-15(21)11-16(10-14)22-19-17-5-3-2-4-13(17)12-24-20-18(19)8-9-23-20/h2-5,8-9,14-16,19H,6-7,10-12H2,1H3. The van der Waals surface area contributed by atoms with Gasteiger partial charge in [-0.1, -0.05) is 24.3 Å². The summed E-state index contributed by atoms with van der Waals surface area (Å²) in [5.74, 6) is 1.06. The number of thioether (sulfide) groups is 1. The zero-order valence-corrected chi connectivity index (χ0v) is 15.6. The number of thiophene rings is 1. The van der Waals surface area contributed by atoms with Crippen LogP contribution < -0.4 is 0 Å². The molecule has 3 aliphatic heterocycles. The second-order valence-electron chi connectivity index (χ2n) is 7.31. The Balaban J connectivity index is 1.47. The molecule has 2 bridgehead atoms. The van der Waals surface area contributed by atoms with Crippen LogP contribution in [0.2, 0.25) is 0 Å². The zero-order valence-electron chi connectivity index (χ0n) is 14.0. The number of benzene rings is 1. The van der Waals surface area contributed by atoms with Crippen molar-refractivity contribution in [1.29, 1.82) is 0 Å². The average molecular weight is 358 g/mol. The Kier molecular flexibility index (Phi) is 3.97. The lowest BCUT2D eigenvalue weighted by Gasteiger charge is -2.38. The van der Waals surface area contributed by atoms with Crippen molar-refractivity contribution in [3.05, 3.63) is 52.4 Å². The molecular formula is C20H23NOS2. The van der Waals surface area contributed by atoms with Gasteiger partial charge in [0.1, 0.15) is 6.10 Å². The molecule has 0 spiro atoms. The average Bonchev–Trinajstić information content (AvgIpc) is 3.08. The Morgan fingerprint density at radius 1 is 1.04 bits per heavy atom. The molecule has 1 aromatic carbocycles.